The maximum atomic E-state index is 12.6. The molecule has 1 aromatic carbocycles. The number of aryl methyl sites for hydroxylation is 1. The molecule has 1 unspecified atom stereocenters. The topological polar surface area (TPSA) is 76.8 Å². The number of carbonyl (C=O) groups excluding carboxylic acids is 1. The summed E-state index contributed by atoms with van der Waals surface area (Å²) in [6.07, 6.45) is 7.76. The molecule has 1 amide bonds. The molecule has 1 aliphatic heterocycles. The van der Waals surface area contributed by atoms with Crippen LogP contribution >= 0.6 is 12.4 Å². The van der Waals surface area contributed by atoms with E-state index in [0.717, 1.165) is 43.0 Å². The minimum absolute atomic E-state index is 0. The predicted octanol–water partition coefficient (Wildman–Crippen LogP) is 2.88. The van der Waals surface area contributed by atoms with E-state index in [1.54, 1.807) is 12.3 Å². The molecule has 3 heterocycles. The van der Waals surface area contributed by atoms with Crippen LogP contribution in [-0.2, 0) is 7.05 Å². The van der Waals surface area contributed by atoms with Gasteiger partial charge in [-0.15, -0.1) is 12.4 Å². The second-order valence-corrected chi connectivity index (χ2v) is 6.58. The molecule has 2 N–H and O–H groups in total. The van der Waals surface area contributed by atoms with E-state index in [9.17, 15) is 4.79 Å². The molecule has 0 radical (unpaired) electrons. The Hall–Kier alpha value is -2.64. The third-order valence-corrected chi connectivity index (χ3v) is 4.69. The van der Waals surface area contributed by atoms with Crippen LogP contribution in [0.4, 0.5) is 5.69 Å². The molecular weight excluding hydrogens is 364 g/mol. The molecule has 2 aromatic heterocycles. The zero-order chi connectivity index (χ0) is 17.9. The number of benzene rings is 1. The molecule has 0 saturated carbocycles. The molecule has 8 heteroatoms. The second kappa shape index (κ2) is 8.37. The minimum atomic E-state index is -0.204. The molecule has 27 heavy (non-hydrogen) atoms. The van der Waals surface area contributed by atoms with Gasteiger partial charge in [0.25, 0.3) is 5.91 Å². The summed E-state index contributed by atoms with van der Waals surface area (Å²) in [5.41, 5.74) is 2.11. The van der Waals surface area contributed by atoms with E-state index in [1.807, 2.05) is 53.0 Å². The largest absolute Gasteiger partial charge is 0.334 e. The molecular formula is C19H23ClN6O. The summed E-state index contributed by atoms with van der Waals surface area (Å²) in [4.78, 5) is 16.9. The Morgan fingerprint density at radius 2 is 2.19 bits per heavy atom. The highest BCUT2D eigenvalue weighted by Crippen LogP contribution is 2.21. The number of imidazole rings is 1. The van der Waals surface area contributed by atoms with Crippen molar-refractivity contribution < 1.29 is 4.79 Å². The Balaban J connectivity index is 0.00000210. The van der Waals surface area contributed by atoms with Crippen LogP contribution in [-0.4, -0.2) is 38.3 Å². The molecule has 7 nitrogen and oxygen atoms in total. The summed E-state index contributed by atoms with van der Waals surface area (Å²) >= 11 is 0. The predicted molar refractivity (Wildman–Crippen MR) is 107 cm³/mol. The van der Waals surface area contributed by atoms with Gasteiger partial charge < -0.3 is 15.2 Å². The van der Waals surface area contributed by atoms with Crippen molar-refractivity contribution in [1.29, 1.82) is 0 Å². The number of halogens is 1. The maximum Gasteiger partial charge on any atom is 0.276 e. The maximum absolute atomic E-state index is 12.6. The van der Waals surface area contributed by atoms with Crippen molar-refractivity contribution in [1.82, 2.24) is 24.6 Å². The summed E-state index contributed by atoms with van der Waals surface area (Å²) in [6.45, 7) is 1.95. The van der Waals surface area contributed by atoms with Gasteiger partial charge in [-0.25, -0.2) is 4.98 Å². The molecule has 3 aromatic rings. The highest BCUT2D eigenvalue weighted by atomic mass is 35.5. The van der Waals surface area contributed by atoms with Gasteiger partial charge >= 0.3 is 0 Å². The fourth-order valence-electron chi connectivity index (χ4n) is 3.30. The number of piperidine rings is 1. The van der Waals surface area contributed by atoms with Crippen LogP contribution in [0.1, 0.15) is 29.4 Å². The molecule has 0 bridgehead atoms. The van der Waals surface area contributed by atoms with Gasteiger partial charge in [0, 0.05) is 43.4 Å². The van der Waals surface area contributed by atoms with Crippen LogP contribution in [0.2, 0.25) is 0 Å². The van der Waals surface area contributed by atoms with Gasteiger partial charge in [-0.05, 0) is 37.6 Å². The molecule has 0 aliphatic carbocycles. The SMILES string of the molecule is Cl.Cn1ccnc1-c1cccc(NC(=O)c2ccn(C3CCCNC3)n2)c1. The third kappa shape index (κ3) is 4.20. The normalized spacial score (nSPS) is 16.6. The van der Waals surface area contributed by atoms with Gasteiger partial charge in [0.2, 0.25) is 0 Å². The Labute approximate surface area is 164 Å². The average Bonchev–Trinajstić information content (AvgIpc) is 3.32. The van der Waals surface area contributed by atoms with Crippen molar-refractivity contribution in [2.24, 2.45) is 7.05 Å². The van der Waals surface area contributed by atoms with Crippen molar-refractivity contribution in [3.8, 4) is 11.4 Å². The average molecular weight is 387 g/mol. The first-order valence-electron chi connectivity index (χ1n) is 8.86. The number of hydrogen-bond acceptors (Lipinski definition) is 4. The lowest BCUT2D eigenvalue weighted by molar-refractivity contribution is 0.102. The fourth-order valence-corrected chi connectivity index (χ4v) is 3.30. The van der Waals surface area contributed by atoms with Crippen molar-refractivity contribution in [3.63, 3.8) is 0 Å². The number of carbonyl (C=O) groups is 1. The number of rotatable bonds is 4. The van der Waals surface area contributed by atoms with Gasteiger partial charge in [0.15, 0.2) is 5.69 Å². The number of hydrogen-bond donors (Lipinski definition) is 2. The lowest BCUT2D eigenvalue weighted by Crippen LogP contribution is -2.32. The monoisotopic (exact) mass is 386 g/mol. The zero-order valence-corrected chi connectivity index (χ0v) is 15.9. The summed E-state index contributed by atoms with van der Waals surface area (Å²) in [5, 5.41) is 10.8. The highest BCUT2D eigenvalue weighted by Gasteiger charge is 2.18. The van der Waals surface area contributed by atoms with Crippen LogP contribution in [0.3, 0.4) is 0 Å². The van der Waals surface area contributed by atoms with Crippen molar-refractivity contribution in [2.75, 3.05) is 18.4 Å². The van der Waals surface area contributed by atoms with Crippen molar-refractivity contribution in [2.45, 2.75) is 18.9 Å². The second-order valence-electron chi connectivity index (χ2n) is 6.58. The lowest BCUT2D eigenvalue weighted by atomic mass is 10.1. The van der Waals surface area contributed by atoms with Crippen LogP contribution in [0.25, 0.3) is 11.4 Å². The standard InChI is InChI=1S/C19H22N6O.ClH/c1-24-11-9-21-18(24)14-4-2-5-15(12-14)22-19(26)17-7-10-25(23-17)16-6-3-8-20-13-16;/h2,4-5,7,9-12,16,20H,3,6,8,13H2,1H3,(H,22,26);1H. The number of nitrogens with one attached hydrogen (secondary N) is 2. The summed E-state index contributed by atoms with van der Waals surface area (Å²) in [6, 6.07) is 9.76. The number of anilines is 1. The molecule has 1 aliphatic rings. The van der Waals surface area contributed by atoms with Gasteiger partial charge in [0.1, 0.15) is 5.82 Å². The molecule has 1 atom stereocenters. The molecule has 4 rings (SSSR count). The first-order chi connectivity index (χ1) is 12.7. The minimum Gasteiger partial charge on any atom is -0.334 e. The van der Waals surface area contributed by atoms with E-state index in [2.05, 4.69) is 20.7 Å². The van der Waals surface area contributed by atoms with E-state index < -0.39 is 0 Å². The van der Waals surface area contributed by atoms with Gasteiger partial charge in [-0.2, -0.15) is 5.10 Å². The van der Waals surface area contributed by atoms with E-state index in [4.69, 9.17) is 0 Å². The number of amides is 1. The van der Waals surface area contributed by atoms with Crippen molar-refractivity contribution >= 4 is 24.0 Å². The Kier molecular flexibility index (Phi) is 5.93. The van der Waals surface area contributed by atoms with Crippen molar-refractivity contribution in [3.05, 3.63) is 54.6 Å². The summed E-state index contributed by atoms with van der Waals surface area (Å²) < 4.78 is 3.84. The fraction of sp³-hybridized carbons (Fsp3) is 0.316. The highest BCUT2D eigenvalue weighted by molar-refractivity contribution is 6.03. The first kappa shape index (κ1) is 19.1. The van der Waals surface area contributed by atoms with Gasteiger partial charge in [-0.3, -0.25) is 9.48 Å². The molecule has 1 fully saturated rings. The van der Waals surface area contributed by atoms with E-state index in [1.165, 1.54) is 0 Å². The van der Waals surface area contributed by atoms with Crippen LogP contribution in [0, 0.1) is 0 Å². The van der Waals surface area contributed by atoms with Crippen LogP contribution in [0.5, 0.6) is 0 Å². The number of aromatic nitrogens is 4. The van der Waals surface area contributed by atoms with Gasteiger partial charge in [-0.1, -0.05) is 12.1 Å². The van der Waals surface area contributed by atoms with Gasteiger partial charge in [0.05, 0.1) is 6.04 Å². The number of nitrogens with zero attached hydrogens (tertiary/aromatic N) is 4. The quantitative estimate of drug-likeness (QED) is 0.722. The van der Waals surface area contributed by atoms with Crippen LogP contribution < -0.4 is 10.6 Å². The van der Waals surface area contributed by atoms with E-state index in [-0.39, 0.29) is 18.3 Å². The van der Waals surface area contributed by atoms with Crippen LogP contribution in [0.15, 0.2) is 48.9 Å². The summed E-state index contributed by atoms with van der Waals surface area (Å²) in [7, 11) is 1.94. The third-order valence-electron chi connectivity index (χ3n) is 4.69. The molecule has 1 saturated heterocycles. The Morgan fingerprint density at radius 3 is 2.93 bits per heavy atom. The zero-order valence-electron chi connectivity index (χ0n) is 15.1. The Bertz CT molecular complexity index is 912. The molecule has 0 spiro atoms. The van der Waals surface area contributed by atoms with E-state index >= 15 is 0 Å². The van der Waals surface area contributed by atoms with E-state index in [0.29, 0.717) is 11.7 Å². The smallest absolute Gasteiger partial charge is 0.276 e. The summed E-state index contributed by atoms with van der Waals surface area (Å²) in [5.74, 6) is 0.652. The first-order valence-corrected chi connectivity index (χ1v) is 8.86. The molecule has 142 valence electrons. The Morgan fingerprint density at radius 1 is 1.30 bits per heavy atom. The lowest BCUT2D eigenvalue weighted by Gasteiger charge is -2.22.